The second-order valence-corrected chi connectivity index (χ2v) is 5.59. The molecule has 1 unspecified atom stereocenters. The third-order valence-electron chi connectivity index (χ3n) is 2.78. The Morgan fingerprint density at radius 1 is 1.21 bits per heavy atom. The van der Waals surface area contributed by atoms with E-state index in [1.807, 2.05) is 48.5 Å². The minimum absolute atomic E-state index is 0.0450. The Hall–Kier alpha value is -1.16. The maximum absolute atomic E-state index is 6.20. The summed E-state index contributed by atoms with van der Waals surface area (Å²) in [6.07, 6.45) is 0. The molecule has 2 rings (SSSR count). The largest absolute Gasteiger partial charge is 0.497 e. The van der Waals surface area contributed by atoms with Crippen LogP contribution in [0.4, 0.5) is 0 Å². The van der Waals surface area contributed by atoms with Crippen LogP contribution in [0.2, 0.25) is 5.02 Å². The van der Waals surface area contributed by atoms with Gasteiger partial charge >= 0.3 is 0 Å². The predicted octanol–water partition coefficient (Wildman–Crippen LogP) is 4.14. The molecule has 19 heavy (non-hydrogen) atoms. The van der Waals surface area contributed by atoms with Gasteiger partial charge in [-0.15, -0.1) is 11.8 Å². The topological polar surface area (TPSA) is 35.2 Å². The zero-order valence-electron chi connectivity index (χ0n) is 10.7. The average molecular weight is 294 g/mol. The monoisotopic (exact) mass is 293 g/mol. The molecule has 0 aliphatic carbocycles. The lowest BCUT2D eigenvalue weighted by atomic mass is 10.1. The third-order valence-corrected chi connectivity index (χ3v) is 4.41. The van der Waals surface area contributed by atoms with Crippen molar-refractivity contribution in [1.29, 1.82) is 0 Å². The van der Waals surface area contributed by atoms with Gasteiger partial charge in [-0.2, -0.15) is 0 Å². The first-order valence-corrected chi connectivity index (χ1v) is 7.34. The molecule has 0 radical (unpaired) electrons. The molecule has 0 spiro atoms. The highest BCUT2D eigenvalue weighted by atomic mass is 35.5. The highest BCUT2D eigenvalue weighted by Crippen LogP contribution is 2.30. The van der Waals surface area contributed by atoms with Gasteiger partial charge in [0.15, 0.2) is 0 Å². The molecule has 100 valence electrons. The molecule has 0 aliphatic rings. The molecule has 0 aromatic heterocycles. The molecule has 0 fully saturated rings. The smallest absolute Gasteiger partial charge is 0.119 e. The lowest BCUT2D eigenvalue weighted by Crippen LogP contribution is -2.12. The van der Waals surface area contributed by atoms with Crippen LogP contribution in [0.5, 0.6) is 5.75 Å². The molecule has 0 heterocycles. The molecule has 0 saturated heterocycles. The van der Waals surface area contributed by atoms with Gasteiger partial charge in [-0.1, -0.05) is 35.9 Å². The maximum atomic E-state index is 6.20. The van der Waals surface area contributed by atoms with E-state index in [0.29, 0.717) is 0 Å². The second-order valence-electron chi connectivity index (χ2n) is 4.12. The van der Waals surface area contributed by atoms with Gasteiger partial charge in [0, 0.05) is 16.7 Å². The number of nitrogens with two attached hydrogens (primary N) is 1. The minimum atomic E-state index is -0.0450. The number of halogens is 1. The van der Waals surface area contributed by atoms with E-state index >= 15 is 0 Å². The zero-order chi connectivity index (χ0) is 13.7. The summed E-state index contributed by atoms with van der Waals surface area (Å²) in [6.45, 7) is 0. The van der Waals surface area contributed by atoms with Crippen molar-refractivity contribution >= 4 is 23.4 Å². The summed E-state index contributed by atoms with van der Waals surface area (Å²) in [7, 11) is 1.66. The van der Waals surface area contributed by atoms with Crippen LogP contribution < -0.4 is 10.5 Å². The number of methoxy groups -OCH3 is 1. The van der Waals surface area contributed by atoms with E-state index in [1.165, 1.54) is 0 Å². The number of ether oxygens (including phenoxy) is 1. The standard InChI is InChI=1S/C15H16ClNOS/c1-18-12-6-4-5-11(9-12)14(17)10-19-15-8-3-2-7-13(15)16/h2-9,14H,10,17H2,1H3. The minimum Gasteiger partial charge on any atom is -0.497 e. The summed E-state index contributed by atoms with van der Waals surface area (Å²) < 4.78 is 5.20. The van der Waals surface area contributed by atoms with Crippen molar-refractivity contribution in [2.24, 2.45) is 5.73 Å². The summed E-state index contributed by atoms with van der Waals surface area (Å²) in [4.78, 5) is 1.06. The summed E-state index contributed by atoms with van der Waals surface area (Å²) >= 11 is 7.79. The van der Waals surface area contributed by atoms with Crippen molar-refractivity contribution in [1.82, 2.24) is 0 Å². The molecule has 1 atom stereocenters. The fraction of sp³-hybridized carbons (Fsp3) is 0.200. The highest BCUT2D eigenvalue weighted by molar-refractivity contribution is 7.99. The van der Waals surface area contributed by atoms with Gasteiger partial charge in [0.1, 0.15) is 5.75 Å². The third kappa shape index (κ3) is 3.90. The van der Waals surface area contributed by atoms with E-state index in [9.17, 15) is 0 Å². The van der Waals surface area contributed by atoms with Gasteiger partial charge in [-0.25, -0.2) is 0 Å². The van der Waals surface area contributed by atoms with E-state index in [0.717, 1.165) is 27.0 Å². The Labute approximate surface area is 122 Å². The molecular formula is C15H16ClNOS. The normalized spacial score (nSPS) is 12.2. The molecule has 2 N–H and O–H groups in total. The van der Waals surface area contributed by atoms with E-state index in [4.69, 9.17) is 22.1 Å². The maximum Gasteiger partial charge on any atom is 0.119 e. The summed E-state index contributed by atoms with van der Waals surface area (Å²) in [5.41, 5.74) is 7.27. The summed E-state index contributed by atoms with van der Waals surface area (Å²) in [6, 6.07) is 15.6. The van der Waals surface area contributed by atoms with Gasteiger partial charge in [-0.3, -0.25) is 0 Å². The van der Waals surface area contributed by atoms with E-state index in [2.05, 4.69) is 0 Å². The van der Waals surface area contributed by atoms with E-state index in [1.54, 1.807) is 18.9 Å². The second kappa shape index (κ2) is 6.85. The number of thioether (sulfide) groups is 1. The molecule has 0 aliphatic heterocycles. The van der Waals surface area contributed by atoms with Crippen molar-refractivity contribution in [3.05, 3.63) is 59.1 Å². The fourth-order valence-corrected chi connectivity index (χ4v) is 2.94. The first-order chi connectivity index (χ1) is 9.20. The molecule has 0 saturated carbocycles. The van der Waals surface area contributed by atoms with Crippen LogP contribution in [-0.4, -0.2) is 12.9 Å². The summed E-state index contributed by atoms with van der Waals surface area (Å²) in [5, 5.41) is 0.769. The van der Waals surface area contributed by atoms with Crippen molar-refractivity contribution in [3.63, 3.8) is 0 Å². The molecule has 2 aromatic rings. The zero-order valence-corrected chi connectivity index (χ0v) is 12.2. The molecule has 2 nitrogen and oxygen atoms in total. The van der Waals surface area contributed by atoms with Crippen LogP contribution >= 0.6 is 23.4 Å². The predicted molar refractivity (Wildman–Crippen MR) is 82.1 cm³/mol. The Kier molecular flexibility index (Phi) is 5.14. The van der Waals surface area contributed by atoms with E-state index in [-0.39, 0.29) is 6.04 Å². The highest BCUT2D eigenvalue weighted by Gasteiger charge is 2.09. The Bertz CT molecular complexity index is 547. The average Bonchev–Trinajstić information content (AvgIpc) is 2.46. The van der Waals surface area contributed by atoms with E-state index < -0.39 is 0 Å². The van der Waals surface area contributed by atoms with Crippen LogP contribution in [0, 0.1) is 0 Å². The number of rotatable bonds is 5. The van der Waals surface area contributed by atoms with Crippen molar-refractivity contribution in [2.75, 3.05) is 12.9 Å². The number of hydrogen-bond acceptors (Lipinski definition) is 3. The lowest BCUT2D eigenvalue weighted by molar-refractivity contribution is 0.414. The van der Waals surface area contributed by atoms with Crippen molar-refractivity contribution in [2.45, 2.75) is 10.9 Å². The Balaban J connectivity index is 2.01. The first-order valence-electron chi connectivity index (χ1n) is 5.97. The Morgan fingerprint density at radius 3 is 2.74 bits per heavy atom. The lowest BCUT2D eigenvalue weighted by Gasteiger charge is -2.13. The van der Waals surface area contributed by atoms with Crippen LogP contribution in [0.25, 0.3) is 0 Å². The van der Waals surface area contributed by atoms with Gasteiger partial charge < -0.3 is 10.5 Å². The molecule has 0 amide bonds. The number of benzene rings is 2. The SMILES string of the molecule is COc1cccc(C(N)CSc2ccccc2Cl)c1. The van der Waals surface area contributed by atoms with Crippen LogP contribution in [-0.2, 0) is 0 Å². The quantitative estimate of drug-likeness (QED) is 0.842. The van der Waals surface area contributed by atoms with Crippen LogP contribution in [0.1, 0.15) is 11.6 Å². The van der Waals surface area contributed by atoms with Gasteiger partial charge in [0.05, 0.1) is 12.1 Å². The summed E-state index contributed by atoms with van der Waals surface area (Å²) in [5.74, 6) is 1.60. The first kappa shape index (κ1) is 14.3. The fourth-order valence-electron chi connectivity index (χ4n) is 1.71. The van der Waals surface area contributed by atoms with Gasteiger partial charge in [-0.05, 0) is 29.8 Å². The Morgan fingerprint density at radius 2 is 2.00 bits per heavy atom. The molecular weight excluding hydrogens is 278 g/mol. The van der Waals surface area contributed by atoms with Crippen molar-refractivity contribution < 1.29 is 4.74 Å². The molecule has 0 bridgehead atoms. The molecule has 4 heteroatoms. The van der Waals surface area contributed by atoms with Crippen molar-refractivity contribution in [3.8, 4) is 5.75 Å². The van der Waals surface area contributed by atoms with Crippen LogP contribution in [0.3, 0.4) is 0 Å². The molecule has 2 aromatic carbocycles. The number of hydrogen-bond donors (Lipinski definition) is 1. The van der Waals surface area contributed by atoms with Crippen LogP contribution in [0.15, 0.2) is 53.4 Å². The van der Waals surface area contributed by atoms with Gasteiger partial charge in [0.25, 0.3) is 0 Å². The van der Waals surface area contributed by atoms with Gasteiger partial charge in [0.2, 0.25) is 0 Å².